The Kier molecular flexibility index (Phi) is 7.29. The zero-order valence-corrected chi connectivity index (χ0v) is 23.9. The van der Waals surface area contributed by atoms with Gasteiger partial charge in [-0.3, -0.25) is 14.4 Å². The molecule has 0 saturated heterocycles. The Hall–Kier alpha value is -1.83. The molecule has 39 heavy (non-hydrogen) atoms. The van der Waals surface area contributed by atoms with Crippen LogP contribution in [0.2, 0.25) is 0 Å². The first-order valence-corrected chi connectivity index (χ1v) is 15.1. The second kappa shape index (κ2) is 9.92. The largest absolute Gasteiger partial charge is 0.457 e. The van der Waals surface area contributed by atoms with Crippen LogP contribution in [0, 0.1) is 45.8 Å². The number of hydrogen-bond acceptors (Lipinski definition) is 7. The number of hydrogen-bond donors (Lipinski definition) is 3. The zero-order chi connectivity index (χ0) is 28.4. The molecule has 0 spiro atoms. The minimum atomic E-state index is -2.27. The molecule has 0 aromatic heterocycles. The third-order valence-corrected chi connectivity index (χ3v) is 11.8. The van der Waals surface area contributed by atoms with Crippen molar-refractivity contribution in [2.24, 2.45) is 45.8 Å². The molecule has 0 bridgehead atoms. The molecule has 7 heteroatoms. The lowest BCUT2D eigenvalue weighted by Gasteiger charge is -2.62. The van der Waals surface area contributed by atoms with Gasteiger partial charge in [-0.05, 0) is 74.3 Å². The maximum Gasteiger partial charge on any atom is 0.308 e. The number of fused-ring (bicyclic) bond motifs is 5. The summed E-state index contributed by atoms with van der Waals surface area (Å²) in [4.78, 5) is 38.8. The van der Waals surface area contributed by atoms with Gasteiger partial charge in [-0.1, -0.05) is 58.6 Å². The van der Waals surface area contributed by atoms with E-state index in [0.29, 0.717) is 25.7 Å². The number of carbonyl (C=O) groups excluding carboxylic acids is 3. The average molecular weight is 543 g/mol. The lowest BCUT2D eigenvalue weighted by Crippen LogP contribution is -2.68. The van der Waals surface area contributed by atoms with Crippen molar-refractivity contribution in [2.45, 2.75) is 104 Å². The van der Waals surface area contributed by atoms with Crippen LogP contribution in [0.4, 0.5) is 0 Å². The second-order valence-electron chi connectivity index (χ2n) is 13.9. The number of carbonyl (C=O) groups is 3. The number of ether oxygens (including phenoxy) is 1. The van der Waals surface area contributed by atoms with Crippen molar-refractivity contribution in [3.63, 3.8) is 0 Å². The fourth-order valence-electron chi connectivity index (χ4n) is 9.90. The van der Waals surface area contributed by atoms with Gasteiger partial charge in [-0.2, -0.15) is 0 Å². The molecule has 4 fully saturated rings. The average Bonchev–Trinajstić information content (AvgIpc) is 3.21. The molecule has 0 aromatic carbocycles. The molecule has 5 rings (SSSR count). The van der Waals surface area contributed by atoms with Crippen LogP contribution in [0.1, 0.15) is 91.9 Å². The van der Waals surface area contributed by atoms with Crippen LogP contribution in [0.15, 0.2) is 23.8 Å². The van der Waals surface area contributed by atoms with Crippen molar-refractivity contribution in [3.8, 4) is 0 Å². The van der Waals surface area contributed by atoms with E-state index < -0.39 is 58.3 Å². The lowest BCUT2D eigenvalue weighted by atomic mass is 9.43. The Bertz CT molecular complexity index is 1080. The fraction of sp³-hybridized carbons (Fsp3) is 0.781. The van der Waals surface area contributed by atoms with E-state index in [-0.39, 0.29) is 30.0 Å². The zero-order valence-electron chi connectivity index (χ0n) is 23.9. The van der Waals surface area contributed by atoms with E-state index in [1.54, 1.807) is 26.0 Å². The Labute approximate surface area is 232 Å². The first kappa shape index (κ1) is 28.7. The molecule has 4 saturated carbocycles. The van der Waals surface area contributed by atoms with Gasteiger partial charge in [0.2, 0.25) is 0 Å². The fourth-order valence-corrected chi connectivity index (χ4v) is 9.90. The number of esters is 1. The summed E-state index contributed by atoms with van der Waals surface area (Å²) < 4.78 is 5.42. The maximum absolute atomic E-state index is 14.3. The third-order valence-electron chi connectivity index (χ3n) is 11.8. The molecule has 3 N–H and O–H groups in total. The smallest absolute Gasteiger partial charge is 0.308 e. The van der Waals surface area contributed by atoms with E-state index >= 15 is 0 Å². The van der Waals surface area contributed by atoms with E-state index in [0.717, 1.165) is 37.7 Å². The van der Waals surface area contributed by atoms with Crippen molar-refractivity contribution in [3.05, 3.63) is 23.8 Å². The van der Waals surface area contributed by atoms with Gasteiger partial charge >= 0.3 is 5.97 Å². The number of rotatable bonds is 6. The highest BCUT2D eigenvalue weighted by molar-refractivity contribution is 6.01. The van der Waals surface area contributed by atoms with Gasteiger partial charge in [0.1, 0.15) is 0 Å². The molecule has 0 radical (unpaired) electrons. The summed E-state index contributed by atoms with van der Waals surface area (Å²) in [6.45, 7) is 7.00. The molecule has 1 unspecified atom stereocenters. The molecule has 0 amide bonds. The van der Waals surface area contributed by atoms with Gasteiger partial charge in [0.05, 0.1) is 17.4 Å². The third kappa shape index (κ3) is 4.13. The van der Waals surface area contributed by atoms with Crippen LogP contribution < -0.4 is 0 Å². The predicted molar refractivity (Wildman–Crippen MR) is 145 cm³/mol. The standard InChI is InChI=1S/C32H46O7/c1-19(2)28(36)39-18-26(35)31(32(37,38)20-8-6-5-7-9-20)15-13-24-23-11-10-21-16-22(33)12-14-29(21,3)27(23)25(34)17-30(24,31)4/h12,14,16,19-20,23-25,27,34,37-38H,5-11,13,15,17-18H2,1-4H3/t23-,24-,25?,27+,29-,30-,31-/m0/s1. The number of allylic oxidation sites excluding steroid dienone is 4. The molecule has 0 aliphatic heterocycles. The normalized spacial score (nSPS) is 40.5. The van der Waals surface area contributed by atoms with Crippen molar-refractivity contribution in [1.29, 1.82) is 0 Å². The minimum Gasteiger partial charge on any atom is -0.457 e. The summed E-state index contributed by atoms with van der Waals surface area (Å²) in [6, 6.07) is 0. The van der Waals surface area contributed by atoms with Gasteiger partial charge in [-0.15, -0.1) is 0 Å². The maximum atomic E-state index is 14.3. The molecule has 0 heterocycles. The SMILES string of the molecule is CC(C)C(=O)OCC(=O)[C@@]1(C(O)(O)C2CCCCC2)CC[C@H]2[C@@H]3CCC4=CC(=O)C=C[C@]4(C)[C@H]3C(O)C[C@@]21C. The van der Waals surface area contributed by atoms with Crippen LogP contribution in [0.25, 0.3) is 0 Å². The summed E-state index contributed by atoms with van der Waals surface area (Å²) in [5.41, 5.74) is -1.83. The van der Waals surface area contributed by atoms with E-state index in [1.807, 2.05) is 13.0 Å². The molecule has 7 atom stereocenters. The van der Waals surface area contributed by atoms with E-state index in [9.17, 15) is 29.7 Å². The monoisotopic (exact) mass is 542 g/mol. The second-order valence-corrected chi connectivity index (χ2v) is 13.9. The lowest BCUT2D eigenvalue weighted by molar-refractivity contribution is -0.305. The number of aliphatic hydroxyl groups excluding tert-OH is 1. The van der Waals surface area contributed by atoms with Crippen LogP contribution in [0.5, 0.6) is 0 Å². The molecule has 5 aliphatic carbocycles. The quantitative estimate of drug-likeness (QED) is 0.338. The van der Waals surface area contributed by atoms with Crippen molar-refractivity contribution < 1.29 is 34.4 Å². The summed E-state index contributed by atoms with van der Waals surface area (Å²) in [5, 5.41) is 36.1. The Morgan fingerprint density at radius 2 is 1.79 bits per heavy atom. The van der Waals surface area contributed by atoms with Gasteiger partial charge in [0.25, 0.3) is 0 Å². The molecule has 5 aliphatic rings. The van der Waals surface area contributed by atoms with Crippen LogP contribution >= 0.6 is 0 Å². The number of aliphatic hydroxyl groups is 3. The van der Waals surface area contributed by atoms with Crippen molar-refractivity contribution >= 4 is 17.5 Å². The molecule has 7 nitrogen and oxygen atoms in total. The number of Topliss-reactive ketones (excluding diaryl/α,β-unsaturated/α-hetero) is 1. The molecule has 216 valence electrons. The van der Waals surface area contributed by atoms with Crippen LogP contribution in [-0.2, 0) is 19.1 Å². The Morgan fingerprint density at radius 1 is 1.10 bits per heavy atom. The predicted octanol–water partition coefficient (Wildman–Crippen LogP) is 4.28. The molecular formula is C32H46O7. The Balaban J connectivity index is 1.56. The highest BCUT2D eigenvalue weighted by Gasteiger charge is 2.75. The van der Waals surface area contributed by atoms with Gasteiger partial charge in [-0.25, -0.2) is 0 Å². The topological polar surface area (TPSA) is 121 Å². The first-order chi connectivity index (χ1) is 18.3. The van der Waals surface area contributed by atoms with Gasteiger partial charge < -0.3 is 20.1 Å². The van der Waals surface area contributed by atoms with Gasteiger partial charge in [0.15, 0.2) is 24.0 Å². The summed E-state index contributed by atoms with van der Waals surface area (Å²) in [5.74, 6) is -4.13. The van der Waals surface area contributed by atoms with E-state index in [4.69, 9.17) is 4.74 Å². The first-order valence-electron chi connectivity index (χ1n) is 15.1. The van der Waals surface area contributed by atoms with Crippen LogP contribution in [-0.4, -0.2) is 51.4 Å². The van der Waals surface area contributed by atoms with Crippen molar-refractivity contribution in [2.75, 3.05) is 6.61 Å². The van der Waals surface area contributed by atoms with Gasteiger partial charge in [0, 0.05) is 17.3 Å². The molecule has 0 aromatic rings. The highest BCUT2D eigenvalue weighted by Crippen LogP contribution is 2.72. The Morgan fingerprint density at radius 3 is 2.46 bits per heavy atom. The summed E-state index contributed by atoms with van der Waals surface area (Å²) >= 11 is 0. The van der Waals surface area contributed by atoms with Crippen molar-refractivity contribution in [1.82, 2.24) is 0 Å². The van der Waals surface area contributed by atoms with E-state index in [2.05, 4.69) is 6.92 Å². The van der Waals surface area contributed by atoms with Crippen LogP contribution in [0.3, 0.4) is 0 Å². The highest BCUT2D eigenvalue weighted by atomic mass is 16.5. The minimum absolute atomic E-state index is 0.0117. The summed E-state index contributed by atoms with van der Waals surface area (Å²) in [7, 11) is 0. The number of ketones is 2. The summed E-state index contributed by atoms with van der Waals surface area (Å²) in [6.07, 6.45) is 11.3. The molecular weight excluding hydrogens is 496 g/mol. The van der Waals surface area contributed by atoms with E-state index in [1.165, 1.54) is 0 Å².